The molecular weight excluding hydrogens is 360 g/mol. The first-order chi connectivity index (χ1) is 13.0. The number of thiazole rings is 1. The number of fused-ring (bicyclic) bond motifs is 1. The standard InChI is InChI=1S/C21H16N2O3S/c1-12-3-5-14(6-4-12)21-23-17(11-27-21)20(25)22-15-7-8-16-13(2)9-19(24)26-18(16)10-15/h3-11H,1-2H3,(H,22,25). The van der Waals surface area contributed by atoms with Gasteiger partial charge in [-0.2, -0.15) is 0 Å². The quantitative estimate of drug-likeness (QED) is 0.522. The highest BCUT2D eigenvalue weighted by Crippen LogP contribution is 2.25. The van der Waals surface area contributed by atoms with Crippen LogP contribution < -0.4 is 10.9 Å². The largest absolute Gasteiger partial charge is 0.423 e. The van der Waals surface area contributed by atoms with E-state index in [4.69, 9.17) is 4.42 Å². The van der Waals surface area contributed by atoms with Crippen molar-refractivity contribution in [2.24, 2.45) is 0 Å². The van der Waals surface area contributed by atoms with Gasteiger partial charge in [0.2, 0.25) is 0 Å². The lowest BCUT2D eigenvalue weighted by atomic mass is 10.1. The Bertz CT molecular complexity index is 1210. The normalized spacial score (nSPS) is 10.9. The molecule has 5 nitrogen and oxygen atoms in total. The topological polar surface area (TPSA) is 72.2 Å². The van der Waals surface area contributed by atoms with Crippen LogP contribution in [0.15, 0.2) is 63.1 Å². The summed E-state index contributed by atoms with van der Waals surface area (Å²) in [4.78, 5) is 28.5. The Hall–Kier alpha value is -3.25. The Kier molecular flexibility index (Phi) is 4.33. The van der Waals surface area contributed by atoms with E-state index < -0.39 is 5.63 Å². The minimum atomic E-state index is -0.411. The van der Waals surface area contributed by atoms with E-state index in [1.165, 1.54) is 23.0 Å². The van der Waals surface area contributed by atoms with Crippen molar-refractivity contribution in [3.63, 3.8) is 0 Å². The number of amides is 1. The molecule has 0 saturated heterocycles. The molecule has 0 aliphatic heterocycles. The molecule has 0 atom stereocenters. The number of anilines is 1. The second-order valence-corrected chi connectivity index (χ2v) is 7.18. The Labute approximate surface area is 159 Å². The van der Waals surface area contributed by atoms with Gasteiger partial charge in [-0.05, 0) is 31.5 Å². The number of rotatable bonds is 3. The van der Waals surface area contributed by atoms with Crippen molar-refractivity contribution in [2.75, 3.05) is 5.32 Å². The van der Waals surface area contributed by atoms with Gasteiger partial charge in [0.25, 0.3) is 5.91 Å². The number of carbonyl (C=O) groups excluding carboxylic acids is 1. The number of hydrogen-bond donors (Lipinski definition) is 1. The number of benzene rings is 2. The molecule has 0 aliphatic rings. The fourth-order valence-electron chi connectivity index (χ4n) is 2.80. The summed E-state index contributed by atoms with van der Waals surface area (Å²) in [5, 5.41) is 6.17. The lowest BCUT2D eigenvalue weighted by Gasteiger charge is -2.05. The average molecular weight is 376 g/mol. The van der Waals surface area contributed by atoms with Gasteiger partial charge in [0.05, 0.1) is 0 Å². The van der Waals surface area contributed by atoms with Gasteiger partial charge in [-0.15, -0.1) is 11.3 Å². The van der Waals surface area contributed by atoms with Crippen molar-refractivity contribution in [2.45, 2.75) is 13.8 Å². The number of aromatic nitrogens is 1. The summed E-state index contributed by atoms with van der Waals surface area (Å²) in [6.07, 6.45) is 0. The maximum atomic E-state index is 12.5. The Morgan fingerprint density at radius 1 is 1.07 bits per heavy atom. The molecule has 0 spiro atoms. The zero-order valence-electron chi connectivity index (χ0n) is 14.8. The van der Waals surface area contributed by atoms with E-state index in [1.54, 1.807) is 17.5 Å². The molecular formula is C21H16N2O3S. The van der Waals surface area contributed by atoms with Crippen molar-refractivity contribution in [1.82, 2.24) is 4.98 Å². The molecule has 2 aromatic heterocycles. The Balaban J connectivity index is 1.58. The monoisotopic (exact) mass is 376 g/mol. The molecule has 134 valence electrons. The molecule has 2 heterocycles. The summed E-state index contributed by atoms with van der Waals surface area (Å²) in [5.74, 6) is -0.307. The highest BCUT2D eigenvalue weighted by Gasteiger charge is 2.13. The highest BCUT2D eigenvalue weighted by atomic mass is 32.1. The maximum absolute atomic E-state index is 12.5. The average Bonchev–Trinajstić information content (AvgIpc) is 3.12. The molecule has 0 unspecified atom stereocenters. The van der Waals surface area contributed by atoms with Gasteiger partial charge in [-0.3, -0.25) is 4.79 Å². The van der Waals surface area contributed by atoms with Crippen molar-refractivity contribution in [3.8, 4) is 10.6 Å². The molecule has 0 fully saturated rings. The molecule has 0 bridgehead atoms. The van der Waals surface area contributed by atoms with Crippen molar-refractivity contribution < 1.29 is 9.21 Å². The summed E-state index contributed by atoms with van der Waals surface area (Å²) in [6.45, 7) is 3.87. The lowest BCUT2D eigenvalue weighted by molar-refractivity contribution is 0.102. The smallest absolute Gasteiger partial charge is 0.336 e. The van der Waals surface area contributed by atoms with E-state index in [0.29, 0.717) is 17.0 Å². The van der Waals surface area contributed by atoms with E-state index >= 15 is 0 Å². The predicted octanol–water partition coefficient (Wildman–Crippen LogP) is 4.79. The molecule has 0 aliphatic carbocycles. The minimum absolute atomic E-state index is 0.307. The third-order valence-electron chi connectivity index (χ3n) is 4.24. The van der Waals surface area contributed by atoms with Crippen molar-refractivity contribution in [1.29, 1.82) is 0 Å². The van der Waals surface area contributed by atoms with Gasteiger partial charge < -0.3 is 9.73 Å². The molecule has 27 heavy (non-hydrogen) atoms. The third kappa shape index (κ3) is 3.52. The SMILES string of the molecule is Cc1ccc(-c2nc(C(=O)Nc3ccc4c(C)cc(=O)oc4c3)cs2)cc1. The molecule has 4 aromatic rings. The summed E-state index contributed by atoms with van der Waals surface area (Å²) < 4.78 is 5.22. The van der Waals surface area contributed by atoms with Crippen LogP contribution in [-0.4, -0.2) is 10.9 Å². The molecule has 1 amide bonds. The molecule has 4 rings (SSSR count). The predicted molar refractivity (Wildman–Crippen MR) is 107 cm³/mol. The summed E-state index contributed by atoms with van der Waals surface area (Å²) in [5.41, 5.74) is 3.91. The second-order valence-electron chi connectivity index (χ2n) is 6.32. The van der Waals surface area contributed by atoms with Crippen LogP contribution in [0.2, 0.25) is 0 Å². The second kappa shape index (κ2) is 6.81. The molecule has 6 heteroatoms. The third-order valence-corrected chi connectivity index (χ3v) is 5.14. The van der Waals surface area contributed by atoms with Gasteiger partial charge >= 0.3 is 5.63 Å². The minimum Gasteiger partial charge on any atom is -0.423 e. The van der Waals surface area contributed by atoms with E-state index in [9.17, 15) is 9.59 Å². The van der Waals surface area contributed by atoms with Gasteiger partial charge in [0.15, 0.2) is 0 Å². The molecule has 2 aromatic carbocycles. The Morgan fingerprint density at radius 2 is 1.85 bits per heavy atom. The first-order valence-electron chi connectivity index (χ1n) is 8.38. The molecule has 0 radical (unpaired) electrons. The van der Waals surface area contributed by atoms with Gasteiger partial charge in [0.1, 0.15) is 16.3 Å². The van der Waals surface area contributed by atoms with Gasteiger partial charge in [-0.25, -0.2) is 9.78 Å². The van der Waals surface area contributed by atoms with E-state index in [2.05, 4.69) is 10.3 Å². The summed E-state index contributed by atoms with van der Waals surface area (Å²) in [7, 11) is 0. The van der Waals surface area contributed by atoms with Crippen LogP contribution >= 0.6 is 11.3 Å². The highest BCUT2D eigenvalue weighted by molar-refractivity contribution is 7.13. The van der Waals surface area contributed by atoms with E-state index in [0.717, 1.165) is 21.5 Å². The van der Waals surface area contributed by atoms with Crippen LogP contribution in [0.25, 0.3) is 21.5 Å². The van der Waals surface area contributed by atoms with Gasteiger partial charge in [-0.1, -0.05) is 29.8 Å². The molecule has 1 N–H and O–H groups in total. The number of nitrogens with one attached hydrogen (secondary N) is 1. The van der Waals surface area contributed by atoms with Crippen LogP contribution in [0.3, 0.4) is 0 Å². The summed E-state index contributed by atoms with van der Waals surface area (Å²) in [6, 6.07) is 14.7. The fraction of sp³-hybridized carbons (Fsp3) is 0.0952. The van der Waals surface area contributed by atoms with Gasteiger partial charge in [0, 0.05) is 34.1 Å². The van der Waals surface area contributed by atoms with Crippen LogP contribution in [0.5, 0.6) is 0 Å². The number of nitrogens with zero attached hydrogens (tertiary/aromatic N) is 1. The lowest BCUT2D eigenvalue weighted by Crippen LogP contribution is -2.12. The first kappa shape index (κ1) is 17.2. The first-order valence-corrected chi connectivity index (χ1v) is 9.26. The van der Waals surface area contributed by atoms with Crippen LogP contribution in [-0.2, 0) is 0 Å². The van der Waals surface area contributed by atoms with Crippen molar-refractivity contribution >= 4 is 33.9 Å². The fourth-order valence-corrected chi connectivity index (χ4v) is 3.61. The number of hydrogen-bond acceptors (Lipinski definition) is 5. The van der Waals surface area contributed by atoms with E-state index in [1.807, 2.05) is 44.2 Å². The number of carbonyl (C=O) groups is 1. The van der Waals surface area contributed by atoms with Crippen LogP contribution in [0.4, 0.5) is 5.69 Å². The van der Waals surface area contributed by atoms with E-state index in [-0.39, 0.29) is 5.91 Å². The zero-order chi connectivity index (χ0) is 19.0. The molecule has 0 saturated carbocycles. The van der Waals surface area contributed by atoms with Crippen LogP contribution in [0.1, 0.15) is 21.6 Å². The van der Waals surface area contributed by atoms with Crippen molar-refractivity contribution in [3.05, 3.63) is 81.2 Å². The zero-order valence-corrected chi connectivity index (χ0v) is 15.6. The van der Waals surface area contributed by atoms with Crippen LogP contribution in [0, 0.1) is 13.8 Å². The summed E-state index contributed by atoms with van der Waals surface area (Å²) >= 11 is 1.42. The number of aryl methyl sites for hydroxylation is 2. The Morgan fingerprint density at radius 3 is 2.63 bits per heavy atom. The maximum Gasteiger partial charge on any atom is 0.336 e.